The molecule has 3 aromatic rings. The summed E-state index contributed by atoms with van der Waals surface area (Å²) in [5, 5.41) is 6.16. The number of imide groups is 1. The zero-order valence-corrected chi connectivity index (χ0v) is 18.7. The van der Waals surface area contributed by atoms with E-state index in [0.29, 0.717) is 11.3 Å². The molecule has 0 aromatic heterocycles. The van der Waals surface area contributed by atoms with Crippen molar-refractivity contribution in [2.75, 3.05) is 12.0 Å². The third-order valence-corrected chi connectivity index (χ3v) is 7.02. The van der Waals surface area contributed by atoms with E-state index in [9.17, 15) is 18.8 Å². The number of amides is 2. The molecule has 2 amide bonds. The van der Waals surface area contributed by atoms with Crippen LogP contribution in [-0.4, -0.2) is 42.0 Å². The van der Waals surface area contributed by atoms with Crippen molar-refractivity contribution >= 4 is 29.5 Å². The van der Waals surface area contributed by atoms with Crippen molar-refractivity contribution < 1.29 is 23.5 Å². The minimum atomic E-state index is -0.968. The highest BCUT2D eigenvalue weighted by Crippen LogP contribution is 2.53. The van der Waals surface area contributed by atoms with Gasteiger partial charge in [-0.05, 0) is 59.7 Å². The van der Waals surface area contributed by atoms with Crippen LogP contribution in [0.3, 0.4) is 0 Å². The van der Waals surface area contributed by atoms with Crippen LogP contribution in [0.25, 0.3) is 0 Å². The third-order valence-electron chi connectivity index (χ3n) is 7.02. The second kappa shape index (κ2) is 7.87. The number of rotatable bonds is 4. The molecular weight excluding hydrogens is 449 g/mol. The van der Waals surface area contributed by atoms with E-state index in [0.717, 1.165) is 16.0 Å². The average molecular weight is 469 g/mol. The number of methoxy groups -OCH3 is 1. The summed E-state index contributed by atoms with van der Waals surface area (Å²) in [5.74, 6) is -2.82. The first-order chi connectivity index (χ1) is 17.0. The Morgan fingerprint density at radius 1 is 0.914 bits per heavy atom. The maximum atomic E-state index is 13.8. The lowest BCUT2D eigenvalue weighted by Crippen LogP contribution is -2.44. The SMILES string of the molecule is COc1ccc(C(=O)C2C3C(=O)N(c4ccc(F)cc4)C(=O)C3C3c4ccccc4C=NN23)cc1. The van der Waals surface area contributed by atoms with Crippen molar-refractivity contribution in [2.45, 2.75) is 12.1 Å². The van der Waals surface area contributed by atoms with Crippen LogP contribution in [0.15, 0.2) is 77.9 Å². The van der Waals surface area contributed by atoms with Gasteiger partial charge in [-0.25, -0.2) is 9.29 Å². The van der Waals surface area contributed by atoms with Crippen molar-refractivity contribution in [3.63, 3.8) is 0 Å². The van der Waals surface area contributed by atoms with Gasteiger partial charge < -0.3 is 4.74 Å². The molecule has 8 heteroatoms. The number of Topliss-reactive ketones (excluding diaryl/α,β-unsaturated/α-hetero) is 1. The fraction of sp³-hybridized carbons (Fsp3) is 0.185. The number of carbonyl (C=O) groups excluding carboxylic acids is 3. The molecular formula is C27H20FN3O4. The monoisotopic (exact) mass is 469 g/mol. The van der Waals surface area contributed by atoms with Gasteiger partial charge in [0.15, 0.2) is 5.78 Å². The molecule has 3 aromatic carbocycles. The van der Waals surface area contributed by atoms with E-state index >= 15 is 0 Å². The summed E-state index contributed by atoms with van der Waals surface area (Å²) in [5.41, 5.74) is 2.35. The maximum absolute atomic E-state index is 13.8. The van der Waals surface area contributed by atoms with E-state index in [1.54, 1.807) is 35.5 Å². The highest BCUT2D eigenvalue weighted by molar-refractivity contribution is 6.24. The van der Waals surface area contributed by atoms with Gasteiger partial charge in [-0.3, -0.25) is 19.4 Å². The zero-order chi connectivity index (χ0) is 24.3. The van der Waals surface area contributed by atoms with Crippen LogP contribution < -0.4 is 9.64 Å². The second-order valence-corrected chi connectivity index (χ2v) is 8.78. The zero-order valence-electron chi connectivity index (χ0n) is 18.7. The fourth-order valence-electron chi connectivity index (χ4n) is 5.44. The molecule has 2 fully saturated rings. The minimum absolute atomic E-state index is 0.283. The van der Waals surface area contributed by atoms with Crippen molar-refractivity contribution in [3.8, 4) is 5.75 Å². The average Bonchev–Trinajstić information content (AvgIpc) is 3.37. The van der Waals surface area contributed by atoms with Crippen molar-refractivity contribution in [2.24, 2.45) is 16.9 Å². The van der Waals surface area contributed by atoms with Crippen LogP contribution in [0.2, 0.25) is 0 Å². The largest absolute Gasteiger partial charge is 0.497 e. The van der Waals surface area contributed by atoms with Crippen molar-refractivity contribution in [1.82, 2.24) is 5.01 Å². The van der Waals surface area contributed by atoms with Crippen molar-refractivity contribution in [1.29, 1.82) is 0 Å². The van der Waals surface area contributed by atoms with Crippen LogP contribution in [-0.2, 0) is 9.59 Å². The Balaban J connectivity index is 1.47. The van der Waals surface area contributed by atoms with Gasteiger partial charge in [-0.15, -0.1) is 0 Å². The van der Waals surface area contributed by atoms with E-state index in [2.05, 4.69) is 5.10 Å². The maximum Gasteiger partial charge on any atom is 0.240 e. The van der Waals surface area contributed by atoms with Gasteiger partial charge in [0.2, 0.25) is 11.8 Å². The van der Waals surface area contributed by atoms with E-state index in [1.165, 1.54) is 31.4 Å². The van der Waals surface area contributed by atoms with Crippen LogP contribution >= 0.6 is 0 Å². The molecule has 0 radical (unpaired) electrons. The molecule has 0 N–H and O–H groups in total. The molecule has 2 saturated heterocycles. The van der Waals surface area contributed by atoms with Crippen LogP contribution in [0, 0.1) is 17.7 Å². The Hall–Kier alpha value is -4.33. The van der Waals surface area contributed by atoms with Crippen LogP contribution in [0.1, 0.15) is 27.5 Å². The van der Waals surface area contributed by atoms with Crippen LogP contribution in [0.5, 0.6) is 5.75 Å². The van der Waals surface area contributed by atoms with Gasteiger partial charge in [0.05, 0.1) is 36.9 Å². The first-order valence-corrected chi connectivity index (χ1v) is 11.2. The number of halogens is 1. The van der Waals surface area contributed by atoms with Gasteiger partial charge in [0.1, 0.15) is 17.6 Å². The Morgan fingerprint density at radius 3 is 2.31 bits per heavy atom. The number of hydrogen-bond acceptors (Lipinski definition) is 6. The fourth-order valence-corrected chi connectivity index (χ4v) is 5.44. The van der Waals surface area contributed by atoms with Crippen LogP contribution in [0.4, 0.5) is 10.1 Å². The number of fused-ring (bicyclic) bond motifs is 5. The highest BCUT2D eigenvalue weighted by Gasteiger charge is 2.65. The number of ketones is 1. The smallest absolute Gasteiger partial charge is 0.240 e. The minimum Gasteiger partial charge on any atom is -0.497 e. The molecule has 3 heterocycles. The molecule has 6 rings (SSSR count). The Kier molecular flexibility index (Phi) is 4.77. The molecule has 0 aliphatic carbocycles. The lowest BCUT2D eigenvalue weighted by Gasteiger charge is -2.33. The molecule has 7 nitrogen and oxygen atoms in total. The van der Waals surface area contributed by atoms with E-state index in [4.69, 9.17) is 4.74 Å². The Morgan fingerprint density at radius 2 is 1.60 bits per heavy atom. The number of nitrogens with zero attached hydrogens (tertiary/aromatic N) is 3. The predicted octanol–water partition coefficient (Wildman–Crippen LogP) is 3.60. The molecule has 3 aliphatic heterocycles. The van der Waals surface area contributed by atoms with E-state index in [1.807, 2.05) is 24.3 Å². The quantitative estimate of drug-likeness (QED) is 0.431. The Labute approximate surface area is 200 Å². The summed E-state index contributed by atoms with van der Waals surface area (Å²) in [6.07, 6.45) is 1.66. The summed E-state index contributed by atoms with van der Waals surface area (Å²) in [4.78, 5) is 42.4. The summed E-state index contributed by atoms with van der Waals surface area (Å²) >= 11 is 0. The first kappa shape index (κ1) is 21.2. The normalized spacial score (nSPS) is 24.3. The summed E-state index contributed by atoms with van der Waals surface area (Å²) in [6.45, 7) is 0. The lowest BCUT2D eigenvalue weighted by molar-refractivity contribution is -0.124. The summed E-state index contributed by atoms with van der Waals surface area (Å²) < 4.78 is 18.7. The van der Waals surface area contributed by atoms with Gasteiger partial charge in [0, 0.05) is 5.56 Å². The molecule has 0 spiro atoms. The van der Waals surface area contributed by atoms with E-state index in [-0.39, 0.29) is 11.5 Å². The molecule has 0 saturated carbocycles. The molecule has 4 atom stereocenters. The Bertz CT molecular complexity index is 1390. The number of anilines is 1. The highest BCUT2D eigenvalue weighted by atomic mass is 19.1. The van der Waals surface area contributed by atoms with E-state index < -0.39 is 41.6 Å². The van der Waals surface area contributed by atoms with Gasteiger partial charge in [0.25, 0.3) is 0 Å². The molecule has 174 valence electrons. The molecule has 35 heavy (non-hydrogen) atoms. The third kappa shape index (κ3) is 3.10. The number of hydrogen-bond donors (Lipinski definition) is 0. The van der Waals surface area contributed by atoms with Crippen molar-refractivity contribution in [3.05, 3.63) is 95.3 Å². The molecule has 0 bridgehead atoms. The number of benzene rings is 3. The van der Waals surface area contributed by atoms with Gasteiger partial charge >= 0.3 is 0 Å². The lowest BCUT2D eigenvalue weighted by atomic mass is 9.83. The van der Waals surface area contributed by atoms with Gasteiger partial charge in [-0.2, -0.15) is 5.10 Å². The topological polar surface area (TPSA) is 79.3 Å². The standard InChI is InChI=1S/C27H20FN3O4/c1-35-19-12-6-15(7-13-19)25(32)24-22-21(23-20-5-3-2-4-16(20)14-29-31(23)24)26(33)30(27(22)34)18-10-8-17(28)9-11-18/h2-14,21-24H,1H3. The molecule has 4 unspecified atom stereocenters. The predicted molar refractivity (Wildman–Crippen MR) is 126 cm³/mol. The number of hydrazone groups is 1. The first-order valence-electron chi connectivity index (χ1n) is 11.2. The number of carbonyl (C=O) groups is 3. The second-order valence-electron chi connectivity index (χ2n) is 8.78. The molecule has 3 aliphatic rings. The van der Waals surface area contributed by atoms with Gasteiger partial charge in [-0.1, -0.05) is 24.3 Å². The summed E-state index contributed by atoms with van der Waals surface area (Å²) in [7, 11) is 1.54. The summed E-state index contributed by atoms with van der Waals surface area (Å²) in [6, 6.07) is 17.8. The number of ether oxygens (including phenoxy) is 1.